The van der Waals surface area contributed by atoms with Crippen LogP contribution in [0.15, 0.2) is 0 Å². The van der Waals surface area contributed by atoms with Gasteiger partial charge in [0.25, 0.3) is 0 Å². The number of carboxylic acid groups (broad SMARTS) is 1. The standard InChI is InChI=1S/C14H26N2O4/c1-10(2)7-11(9-15)8-12(17)16-14(13(18)19)3-5-20-6-4-14/h10-11H,3-9,15H2,1-2H3,(H,16,17)(H,18,19)/t11-/m0/s1. The van der Waals surface area contributed by atoms with Crippen LogP contribution in [0.5, 0.6) is 0 Å². The molecule has 20 heavy (non-hydrogen) atoms. The fourth-order valence-electron chi connectivity index (χ4n) is 2.62. The smallest absolute Gasteiger partial charge is 0.329 e. The molecule has 0 aromatic heterocycles. The molecule has 1 aliphatic heterocycles. The molecule has 1 aliphatic rings. The van der Waals surface area contributed by atoms with Gasteiger partial charge in [0.1, 0.15) is 5.54 Å². The normalized spacial score (nSPS) is 19.6. The molecular formula is C14H26N2O4. The van der Waals surface area contributed by atoms with Crippen LogP contribution in [0.3, 0.4) is 0 Å². The number of ether oxygens (including phenoxy) is 1. The fraction of sp³-hybridized carbons (Fsp3) is 0.857. The van der Waals surface area contributed by atoms with Gasteiger partial charge in [0.2, 0.25) is 5.91 Å². The van der Waals surface area contributed by atoms with Crippen LogP contribution in [-0.2, 0) is 14.3 Å². The van der Waals surface area contributed by atoms with E-state index in [0.29, 0.717) is 38.5 Å². The molecule has 6 nitrogen and oxygen atoms in total. The van der Waals surface area contributed by atoms with E-state index >= 15 is 0 Å². The van der Waals surface area contributed by atoms with Crippen molar-refractivity contribution in [2.24, 2.45) is 17.6 Å². The minimum atomic E-state index is -1.17. The lowest BCUT2D eigenvalue weighted by Crippen LogP contribution is -2.57. The summed E-state index contributed by atoms with van der Waals surface area (Å²) in [7, 11) is 0. The topological polar surface area (TPSA) is 102 Å². The maximum absolute atomic E-state index is 12.1. The van der Waals surface area contributed by atoms with E-state index in [9.17, 15) is 14.7 Å². The quantitative estimate of drug-likeness (QED) is 0.641. The van der Waals surface area contributed by atoms with Crippen molar-refractivity contribution < 1.29 is 19.4 Å². The number of amides is 1. The van der Waals surface area contributed by atoms with E-state index < -0.39 is 11.5 Å². The first-order valence-electron chi connectivity index (χ1n) is 7.22. The first-order chi connectivity index (χ1) is 9.39. The number of carboxylic acids is 1. The summed E-state index contributed by atoms with van der Waals surface area (Å²) < 4.78 is 5.18. The molecule has 0 spiro atoms. The maximum atomic E-state index is 12.1. The van der Waals surface area contributed by atoms with E-state index in [1.807, 2.05) is 0 Å². The van der Waals surface area contributed by atoms with Gasteiger partial charge in [-0.1, -0.05) is 13.8 Å². The summed E-state index contributed by atoms with van der Waals surface area (Å²) in [6.45, 7) is 5.32. The first kappa shape index (κ1) is 16.9. The van der Waals surface area contributed by atoms with Gasteiger partial charge in [-0.2, -0.15) is 0 Å². The van der Waals surface area contributed by atoms with Gasteiger partial charge >= 0.3 is 5.97 Å². The van der Waals surface area contributed by atoms with Crippen LogP contribution >= 0.6 is 0 Å². The molecule has 0 aromatic rings. The van der Waals surface area contributed by atoms with Crippen molar-refractivity contribution in [1.82, 2.24) is 5.32 Å². The first-order valence-corrected chi connectivity index (χ1v) is 7.22. The van der Waals surface area contributed by atoms with Gasteiger partial charge in [0, 0.05) is 32.5 Å². The summed E-state index contributed by atoms with van der Waals surface area (Å²) in [5, 5.41) is 12.1. The number of hydrogen-bond acceptors (Lipinski definition) is 4. The third-order valence-electron chi connectivity index (χ3n) is 3.75. The van der Waals surface area contributed by atoms with E-state index in [4.69, 9.17) is 10.5 Å². The number of carbonyl (C=O) groups excluding carboxylic acids is 1. The molecule has 0 aromatic carbocycles. The molecule has 1 amide bonds. The summed E-state index contributed by atoms with van der Waals surface area (Å²) in [4.78, 5) is 23.6. The Morgan fingerprint density at radius 1 is 1.35 bits per heavy atom. The minimum Gasteiger partial charge on any atom is -0.480 e. The minimum absolute atomic E-state index is 0.0979. The van der Waals surface area contributed by atoms with Crippen molar-refractivity contribution in [1.29, 1.82) is 0 Å². The Morgan fingerprint density at radius 3 is 2.40 bits per heavy atom. The summed E-state index contributed by atoms with van der Waals surface area (Å²) in [5.41, 5.74) is 4.50. The predicted octanol–water partition coefficient (Wildman–Crippen LogP) is 0.748. The van der Waals surface area contributed by atoms with Crippen molar-refractivity contribution in [3.05, 3.63) is 0 Å². The van der Waals surface area contributed by atoms with Gasteiger partial charge < -0.3 is 20.9 Å². The van der Waals surface area contributed by atoms with E-state index in [1.54, 1.807) is 0 Å². The molecular weight excluding hydrogens is 260 g/mol. The summed E-state index contributed by atoms with van der Waals surface area (Å²) in [6.07, 6.45) is 1.77. The molecule has 4 N–H and O–H groups in total. The Kier molecular flexibility index (Phi) is 6.42. The third kappa shape index (κ3) is 4.76. The number of aliphatic carboxylic acids is 1. The van der Waals surface area contributed by atoms with E-state index in [1.165, 1.54) is 0 Å². The molecule has 0 saturated carbocycles. The Bertz CT molecular complexity index is 338. The second kappa shape index (κ2) is 7.59. The average molecular weight is 286 g/mol. The molecule has 1 heterocycles. The lowest BCUT2D eigenvalue weighted by atomic mass is 9.88. The Labute approximate surface area is 120 Å². The van der Waals surface area contributed by atoms with Crippen molar-refractivity contribution in [2.75, 3.05) is 19.8 Å². The number of nitrogens with two attached hydrogens (primary N) is 1. The molecule has 1 fully saturated rings. The van der Waals surface area contributed by atoms with Gasteiger partial charge in [-0.25, -0.2) is 4.79 Å². The Morgan fingerprint density at radius 2 is 1.95 bits per heavy atom. The second-order valence-corrected chi connectivity index (χ2v) is 5.98. The van der Waals surface area contributed by atoms with E-state index in [0.717, 1.165) is 6.42 Å². The SMILES string of the molecule is CC(C)C[C@H](CN)CC(=O)NC1(C(=O)O)CCOCC1. The second-order valence-electron chi connectivity index (χ2n) is 5.98. The van der Waals surface area contributed by atoms with Crippen LogP contribution in [0.1, 0.15) is 39.5 Å². The summed E-state index contributed by atoms with van der Waals surface area (Å²) in [5.74, 6) is -0.652. The van der Waals surface area contributed by atoms with Crippen molar-refractivity contribution in [3.63, 3.8) is 0 Å². The van der Waals surface area contributed by atoms with Crippen molar-refractivity contribution in [3.8, 4) is 0 Å². The van der Waals surface area contributed by atoms with Crippen LogP contribution in [0.2, 0.25) is 0 Å². The zero-order chi connectivity index (χ0) is 15.2. The van der Waals surface area contributed by atoms with Crippen LogP contribution in [-0.4, -0.2) is 42.3 Å². The largest absolute Gasteiger partial charge is 0.480 e. The molecule has 0 aliphatic carbocycles. The average Bonchev–Trinajstić information content (AvgIpc) is 2.38. The zero-order valence-corrected chi connectivity index (χ0v) is 12.4. The highest BCUT2D eigenvalue weighted by atomic mass is 16.5. The molecule has 1 saturated heterocycles. The highest BCUT2D eigenvalue weighted by Gasteiger charge is 2.41. The van der Waals surface area contributed by atoms with Crippen LogP contribution in [0.25, 0.3) is 0 Å². The van der Waals surface area contributed by atoms with Gasteiger partial charge in [0.05, 0.1) is 0 Å². The molecule has 116 valence electrons. The number of carbonyl (C=O) groups is 2. The highest BCUT2D eigenvalue weighted by Crippen LogP contribution is 2.22. The van der Waals surface area contributed by atoms with Crippen LogP contribution in [0.4, 0.5) is 0 Å². The maximum Gasteiger partial charge on any atom is 0.329 e. The lowest BCUT2D eigenvalue weighted by Gasteiger charge is -2.34. The molecule has 0 bridgehead atoms. The molecule has 0 unspecified atom stereocenters. The van der Waals surface area contributed by atoms with Gasteiger partial charge in [0.15, 0.2) is 0 Å². The van der Waals surface area contributed by atoms with Crippen molar-refractivity contribution in [2.45, 2.75) is 45.1 Å². The summed E-state index contributed by atoms with van der Waals surface area (Å²) >= 11 is 0. The molecule has 0 radical (unpaired) electrons. The van der Waals surface area contributed by atoms with Gasteiger partial charge in [-0.15, -0.1) is 0 Å². The van der Waals surface area contributed by atoms with Crippen LogP contribution in [0, 0.1) is 11.8 Å². The zero-order valence-electron chi connectivity index (χ0n) is 12.4. The molecule has 1 rings (SSSR count). The number of nitrogens with one attached hydrogen (secondary N) is 1. The van der Waals surface area contributed by atoms with Gasteiger partial charge in [-0.3, -0.25) is 4.79 Å². The van der Waals surface area contributed by atoms with Crippen molar-refractivity contribution >= 4 is 11.9 Å². The predicted molar refractivity (Wildman–Crippen MR) is 75.2 cm³/mol. The monoisotopic (exact) mass is 286 g/mol. The Balaban J connectivity index is 2.60. The number of rotatable bonds is 7. The van der Waals surface area contributed by atoms with E-state index in [-0.39, 0.29) is 18.2 Å². The lowest BCUT2D eigenvalue weighted by molar-refractivity contribution is -0.152. The number of hydrogen-bond donors (Lipinski definition) is 3. The molecule has 1 atom stereocenters. The fourth-order valence-corrected chi connectivity index (χ4v) is 2.62. The van der Waals surface area contributed by atoms with Gasteiger partial charge in [-0.05, 0) is 24.8 Å². The summed E-state index contributed by atoms with van der Waals surface area (Å²) in [6, 6.07) is 0. The van der Waals surface area contributed by atoms with E-state index in [2.05, 4.69) is 19.2 Å². The van der Waals surface area contributed by atoms with Crippen LogP contribution < -0.4 is 11.1 Å². The molecule has 6 heteroatoms. The Hall–Kier alpha value is -1.14. The third-order valence-corrected chi connectivity index (χ3v) is 3.75. The highest BCUT2D eigenvalue weighted by molar-refractivity contribution is 5.87.